The van der Waals surface area contributed by atoms with Gasteiger partial charge in [-0.05, 0) is 31.0 Å². The number of likely N-dealkylation sites (tertiary alicyclic amines) is 1. The van der Waals surface area contributed by atoms with Crippen LogP contribution in [0.25, 0.3) is 0 Å². The topological polar surface area (TPSA) is 48.0 Å². The van der Waals surface area contributed by atoms with Crippen LogP contribution in [0.2, 0.25) is 0 Å². The van der Waals surface area contributed by atoms with Gasteiger partial charge in [-0.1, -0.05) is 6.07 Å². The number of rotatable bonds is 5. The van der Waals surface area contributed by atoms with E-state index in [4.69, 9.17) is 14.2 Å². The first-order valence-corrected chi connectivity index (χ1v) is 7.08. The van der Waals surface area contributed by atoms with Crippen LogP contribution in [0.4, 0.5) is 0 Å². The van der Waals surface area contributed by atoms with Crippen LogP contribution in [-0.2, 0) is 9.47 Å². The van der Waals surface area contributed by atoms with E-state index >= 15 is 0 Å². The molecule has 0 radical (unpaired) electrons. The van der Waals surface area contributed by atoms with Crippen LogP contribution in [0.1, 0.15) is 22.3 Å². The first-order chi connectivity index (χ1) is 10.1. The summed E-state index contributed by atoms with van der Waals surface area (Å²) < 4.78 is 15.9. The molecule has 5 nitrogen and oxygen atoms in total. The van der Waals surface area contributed by atoms with E-state index in [2.05, 4.69) is 0 Å². The molecule has 1 aliphatic heterocycles. The fourth-order valence-electron chi connectivity index (χ4n) is 2.76. The molecule has 0 bridgehead atoms. The Hall–Kier alpha value is -1.59. The van der Waals surface area contributed by atoms with Crippen molar-refractivity contribution in [3.05, 3.63) is 29.3 Å². The predicted octanol–water partition coefficient (Wildman–Crippen LogP) is 1.88. The summed E-state index contributed by atoms with van der Waals surface area (Å²) in [6.07, 6.45) is 0.875. The lowest BCUT2D eigenvalue weighted by atomic mass is 10.1. The zero-order valence-corrected chi connectivity index (χ0v) is 13.1. The molecule has 1 amide bonds. The first-order valence-electron chi connectivity index (χ1n) is 7.08. The number of carbonyl (C=O) groups excluding carboxylic acids is 1. The van der Waals surface area contributed by atoms with Crippen LogP contribution in [0.15, 0.2) is 18.2 Å². The van der Waals surface area contributed by atoms with Gasteiger partial charge in [-0.3, -0.25) is 4.79 Å². The van der Waals surface area contributed by atoms with Crippen LogP contribution in [0, 0.1) is 6.92 Å². The molecule has 1 aromatic carbocycles. The SMILES string of the molecule is COC[C@@H]1C[C@H](OC)CN1C(=O)c1ccc(C)c(OC)c1. The number of amides is 1. The molecule has 21 heavy (non-hydrogen) atoms. The Morgan fingerprint density at radius 1 is 1.33 bits per heavy atom. The average molecular weight is 293 g/mol. The molecule has 0 unspecified atom stereocenters. The van der Waals surface area contributed by atoms with E-state index in [0.717, 1.165) is 17.7 Å². The molecule has 1 aromatic rings. The van der Waals surface area contributed by atoms with Gasteiger partial charge in [0.2, 0.25) is 0 Å². The summed E-state index contributed by atoms with van der Waals surface area (Å²) in [7, 11) is 4.94. The first kappa shape index (κ1) is 15.8. The third kappa shape index (κ3) is 3.36. The lowest BCUT2D eigenvalue weighted by molar-refractivity contribution is 0.0612. The maximum atomic E-state index is 12.7. The second-order valence-corrected chi connectivity index (χ2v) is 5.34. The molecule has 0 N–H and O–H groups in total. The van der Waals surface area contributed by atoms with Gasteiger partial charge in [0.1, 0.15) is 5.75 Å². The second-order valence-electron chi connectivity index (χ2n) is 5.34. The van der Waals surface area contributed by atoms with Crippen LogP contribution >= 0.6 is 0 Å². The fraction of sp³-hybridized carbons (Fsp3) is 0.562. The maximum Gasteiger partial charge on any atom is 0.254 e. The highest BCUT2D eigenvalue weighted by atomic mass is 16.5. The van der Waals surface area contributed by atoms with Gasteiger partial charge in [0.05, 0.1) is 25.9 Å². The minimum atomic E-state index is -0.00472. The molecule has 0 saturated carbocycles. The van der Waals surface area contributed by atoms with E-state index in [1.807, 2.05) is 24.0 Å². The molecule has 0 aromatic heterocycles. The van der Waals surface area contributed by atoms with Crippen molar-refractivity contribution in [2.45, 2.75) is 25.5 Å². The molecule has 0 spiro atoms. The van der Waals surface area contributed by atoms with Gasteiger partial charge in [-0.2, -0.15) is 0 Å². The minimum Gasteiger partial charge on any atom is -0.496 e. The van der Waals surface area contributed by atoms with Gasteiger partial charge in [-0.25, -0.2) is 0 Å². The normalized spacial score (nSPS) is 21.6. The number of carbonyl (C=O) groups is 1. The summed E-state index contributed by atoms with van der Waals surface area (Å²) in [5.74, 6) is 0.724. The Kier molecular flexibility index (Phi) is 5.20. The van der Waals surface area contributed by atoms with E-state index < -0.39 is 0 Å². The molecule has 1 fully saturated rings. The highest BCUT2D eigenvalue weighted by Gasteiger charge is 2.35. The molecule has 5 heteroatoms. The zero-order chi connectivity index (χ0) is 15.4. The van der Waals surface area contributed by atoms with Crippen LogP contribution in [0.5, 0.6) is 5.75 Å². The summed E-state index contributed by atoms with van der Waals surface area (Å²) in [4.78, 5) is 14.6. The predicted molar refractivity (Wildman–Crippen MR) is 79.8 cm³/mol. The molecule has 0 aliphatic carbocycles. The van der Waals surface area contributed by atoms with Crippen LogP contribution < -0.4 is 4.74 Å². The van der Waals surface area contributed by atoms with Gasteiger partial charge in [-0.15, -0.1) is 0 Å². The van der Waals surface area contributed by atoms with Crippen molar-refractivity contribution in [1.82, 2.24) is 4.90 Å². The number of benzene rings is 1. The number of aryl methyl sites for hydroxylation is 1. The Morgan fingerprint density at radius 2 is 2.10 bits per heavy atom. The number of methoxy groups -OCH3 is 3. The van der Waals surface area contributed by atoms with Crippen molar-refractivity contribution in [2.24, 2.45) is 0 Å². The third-order valence-electron chi connectivity index (χ3n) is 3.98. The lowest BCUT2D eigenvalue weighted by Gasteiger charge is -2.24. The molecular formula is C16H23NO4. The van der Waals surface area contributed by atoms with Crippen molar-refractivity contribution in [3.8, 4) is 5.75 Å². The number of hydrogen-bond acceptors (Lipinski definition) is 4. The standard InChI is InChI=1S/C16H23NO4/c1-11-5-6-12(7-15(11)21-4)16(18)17-9-14(20-3)8-13(17)10-19-2/h5-7,13-14H,8-10H2,1-4H3/t13-,14-/m0/s1. The highest BCUT2D eigenvalue weighted by molar-refractivity contribution is 5.95. The highest BCUT2D eigenvalue weighted by Crippen LogP contribution is 2.25. The van der Waals surface area contributed by atoms with Crippen molar-refractivity contribution in [1.29, 1.82) is 0 Å². The van der Waals surface area contributed by atoms with Gasteiger partial charge in [0.15, 0.2) is 0 Å². The van der Waals surface area contributed by atoms with E-state index in [-0.39, 0.29) is 18.1 Å². The smallest absolute Gasteiger partial charge is 0.254 e. The summed E-state index contributed by atoms with van der Waals surface area (Å²) in [6, 6.07) is 5.59. The van der Waals surface area contributed by atoms with Gasteiger partial charge in [0.25, 0.3) is 5.91 Å². The number of ether oxygens (including phenoxy) is 3. The summed E-state index contributed by atoms with van der Waals surface area (Å²) in [5.41, 5.74) is 1.65. The number of nitrogens with zero attached hydrogens (tertiary/aromatic N) is 1. The minimum absolute atomic E-state index is 0.00472. The van der Waals surface area contributed by atoms with E-state index in [1.165, 1.54) is 0 Å². The quantitative estimate of drug-likeness (QED) is 0.831. The van der Waals surface area contributed by atoms with Crippen molar-refractivity contribution >= 4 is 5.91 Å². The largest absolute Gasteiger partial charge is 0.496 e. The zero-order valence-electron chi connectivity index (χ0n) is 13.1. The van der Waals surface area contributed by atoms with Crippen molar-refractivity contribution in [2.75, 3.05) is 34.5 Å². The van der Waals surface area contributed by atoms with Gasteiger partial charge in [0, 0.05) is 26.3 Å². The molecule has 2 rings (SSSR count). The molecule has 116 valence electrons. The molecule has 1 heterocycles. The Morgan fingerprint density at radius 3 is 2.71 bits per heavy atom. The maximum absolute atomic E-state index is 12.7. The van der Waals surface area contributed by atoms with Crippen LogP contribution in [-0.4, -0.2) is 57.4 Å². The molecule has 2 atom stereocenters. The van der Waals surface area contributed by atoms with Crippen molar-refractivity contribution in [3.63, 3.8) is 0 Å². The Bertz CT molecular complexity index is 503. The Labute approximate surface area is 125 Å². The molecule has 1 aliphatic rings. The summed E-state index contributed by atoms with van der Waals surface area (Å²) >= 11 is 0. The molecular weight excluding hydrogens is 270 g/mol. The van der Waals surface area contributed by atoms with Gasteiger partial charge < -0.3 is 19.1 Å². The lowest BCUT2D eigenvalue weighted by Crippen LogP contribution is -2.38. The van der Waals surface area contributed by atoms with E-state index in [0.29, 0.717) is 18.7 Å². The van der Waals surface area contributed by atoms with Crippen LogP contribution in [0.3, 0.4) is 0 Å². The average Bonchev–Trinajstić information content (AvgIpc) is 2.90. The Balaban J connectivity index is 2.21. The summed E-state index contributed by atoms with van der Waals surface area (Å²) in [6.45, 7) is 3.08. The number of hydrogen-bond donors (Lipinski definition) is 0. The van der Waals surface area contributed by atoms with Crippen molar-refractivity contribution < 1.29 is 19.0 Å². The fourth-order valence-corrected chi connectivity index (χ4v) is 2.76. The summed E-state index contributed by atoms with van der Waals surface area (Å²) in [5, 5.41) is 0. The monoisotopic (exact) mass is 293 g/mol. The molecule has 1 saturated heterocycles. The third-order valence-corrected chi connectivity index (χ3v) is 3.98. The second kappa shape index (κ2) is 6.91. The van der Waals surface area contributed by atoms with E-state index in [9.17, 15) is 4.79 Å². The van der Waals surface area contributed by atoms with E-state index in [1.54, 1.807) is 27.4 Å². The van der Waals surface area contributed by atoms with Gasteiger partial charge >= 0.3 is 0 Å².